The van der Waals surface area contributed by atoms with Crippen LogP contribution in [0.4, 0.5) is 0 Å². The van der Waals surface area contributed by atoms with Crippen LogP contribution in [0, 0.1) is 0 Å². The molecule has 4 heteroatoms. The topological polar surface area (TPSA) is 21.7 Å². The maximum absolute atomic E-state index is 4.39. The third-order valence-corrected chi connectivity index (χ3v) is 3.03. The highest BCUT2D eigenvalue weighted by atomic mass is 35.5. The Morgan fingerprint density at radius 1 is 0.850 bits per heavy atom. The van der Waals surface area contributed by atoms with Crippen molar-refractivity contribution in [1.82, 2.24) is 9.78 Å². The summed E-state index contributed by atoms with van der Waals surface area (Å²) in [6.07, 6.45) is 3.91. The minimum atomic E-state index is 0. The minimum Gasteiger partial charge on any atom is -1.00 e. The van der Waals surface area contributed by atoms with Crippen LogP contribution in [0.15, 0.2) is 73.3 Å². The van der Waals surface area contributed by atoms with E-state index in [0.29, 0.717) is 0 Å². The van der Waals surface area contributed by atoms with E-state index in [4.69, 9.17) is 0 Å². The van der Waals surface area contributed by atoms with E-state index in [1.807, 2.05) is 29.5 Å². The van der Waals surface area contributed by atoms with Crippen LogP contribution in [-0.2, 0) is 13.1 Å². The van der Waals surface area contributed by atoms with Crippen LogP contribution in [0.5, 0.6) is 0 Å². The molecule has 0 bridgehead atoms. The average molecular weight is 286 g/mol. The lowest BCUT2D eigenvalue weighted by atomic mass is 10.2. The molecule has 0 unspecified atom stereocenters. The molecule has 0 fully saturated rings. The van der Waals surface area contributed by atoms with E-state index in [9.17, 15) is 0 Å². The van der Waals surface area contributed by atoms with Crippen molar-refractivity contribution in [2.75, 3.05) is 0 Å². The summed E-state index contributed by atoms with van der Waals surface area (Å²) in [6.45, 7) is 1.66. The quantitative estimate of drug-likeness (QED) is 0.580. The van der Waals surface area contributed by atoms with Crippen LogP contribution in [-0.4, -0.2) is 9.78 Å². The van der Waals surface area contributed by atoms with Gasteiger partial charge in [0.2, 0.25) is 6.33 Å². The molecule has 0 aliphatic heterocycles. The zero-order valence-electron chi connectivity index (χ0n) is 11.1. The van der Waals surface area contributed by atoms with E-state index in [1.54, 1.807) is 0 Å². The molecule has 0 saturated heterocycles. The van der Waals surface area contributed by atoms with Crippen molar-refractivity contribution in [3.8, 4) is 0 Å². The first kappa shape index (κ1) is 14.3. The van der Waals surface area contributed by atoms with Gasteiger partial charge in [-0.1, -0.05) is 60.7 Å². The first-order valence-electron chi connectivity index (χ1n) is 6.39. The average Bonchev–Trinajstić information content (AvgIpc) is 2.88. The van der Waals surface area contributed by atoms with Gasteiger partial charge in [0.25, 0.3) is 6.33 Å². The molecule has 0 spiro atoms. The van der Waals surface area contributed by atoms with E-state index < -0.39 is 0 Å². The second kappa shape index (κ2) is 6.87. The fourth-order valence-corrected chi connectivity index (χ4v) is 2.09. The SMILES string of the molecule is [Cl-].c1ccc(Cn2c[n+](Cc3ccccc3)cn2)cc1. The van der Waals surface area contributed by atoms with Gasteiger partial charge in [-0.15, -0.1) is 4.68 Å². The van der Waals surface area contributed by atoms with Gasteiger partial charge < -0.3 is 12.4 Å². The highest BCUT2D eigenvalue weighted by molar-refractivity contribution is 5.14. The van der Waals surface area contributed by atoms with Crippen LogP contribution >= 0.6 is 0 Å². The molecule has 1 aromatic heterocycles. The maximum atomic E-state index is 4.39. The second-order valence-corrected chi connectivity index (χ2v) is 4.59. The van der Waals surface area contributed by atoms with Gasteiger partial charge in [0.15, 0.2) is 0 Å². The molecule has 1 heterocycles. The second-order valence-electron chi connectivity index (χ2n) is 4.59. The first-order valence-corrected chi connectivity index (χ1v) is 6.39. The highest BCUT2D eigenvalue weighted by Gasteiger charge is 2.06. The summed E-state index contributed by atoms with van der Waals surface area (Å²) in [4.78, 5) is 0. The zero-order valence-corrected chi connectivity index (χ0v) is 11.8. The third kappa shape index (κ3) is 3.68. The molecule has 0 N–H and O–H groups in total. The van der Waals surface area contributed by atoms with Crippen molar-refractivity contribution in [2.45, 2.75) is 13.1 Å². The lowest BCUT2D eigenvalue weighted by Gasteiger charge is -1.97. The molecule has 0 saturated carbocycles. The van der Waals surface area contributed by atoms with Gasteiger partial charge in [0.1, 0.15) is 6.54 Å². The summed E-state index contributed by atoms with van der Waals surface area (Å²) >= 11 is 0. The number of hydrogen-bond acceptors (Lipinski definition) is 1. The van der Waals surface area contributed by atoms with E-state index in [1.165, 1.54) is 11.1 Å². The number of halogens is 1. The third-order valence-electron chi connectivity index (χ3n) is 3.03. The molecule has 102 valence electrons. The summed E-state index contributed by atoms with van der Waals surface area (Å²) in [5, 5.41) is 4.39. The predicted molar refractivity (Wildman–Crippen MR) is 73.5 cm³/mol. The van der Waals surface area contributed by atoms with Crippen LogP contribution in [0.3, 0.4) is 0 Å². The van der Waals surface area contributed by atoms with Gasteiger partial charge in [0.05, 0.1) is 6.54 Å². The van der Waals surface area contributed by atoms with Gasteiger partial charge in [-0.3, -0.25) is 0 Å². The van der Waals surface area contributed by atoms with Crippen molar-refractivity contribution in [2.24, 2.45) is 0 Å². The van der Waals surface area contributed by atoms with Crippen molar-refractivity contribution in [3.05, 3.63) is 84.4 Å². The molecule has 2 aromatic carbocycles. The standard InChI is InChI=1S/C16H16N3.ClH/c1-3-7-15(8-4-1)11-18-13-17-19(14-18)12-16-9-5-2-6-10-16;/h1-10,13-14H,11-12H2;1H/q+1;/p-1. The van der Waals surface area contributed by atoms with Gasteiger partial charge in [0, 0.05) is 5.10 Å². The Bertz CT molecular complexity index is 579. The maximum Gasteiger partial charge on any atom is 0.265 e. The summed E-state index contributed by atoms with van der Waals surface area (Å²) in [6, 6.07) is 20.8. The molecule has 20 heavy (non-hydrogen) atoms. The Kier molecular flexibility index (Phi) is 4.91. The molecular formula is C16H16ClN3. The fraction of sp³-hybridized carbons (Fsp3) is 0.125. The molecule has 0 aliphatic carbocycles. The molecule has 3 aromatic rings. The first-order chi connectivity index (χ1) is 9.40. The van der Waals surface area contributed by atoms with Crippen molar-refractivity contribution < 1.29 is 17.0 Å². The molecule has 3 rings (SSSR count). The van der Waals surface area contributed by atoms with Gasteiger partial charge >= 0.3 is 0 Å². The molecule has 0 amide bonds. The lowest BCUT2D eigenvalue weighted by molar-refractivity contribution is -0.689. The van der Waals surface area contributed by atoms with Crippen LogP contribution in [0.1, 0.15) is 11.1 Å². The summed E-state index contributed by atoms with van der Waals surface area (Å²) < 4.78 is 4.05. The Morgan fingerprint density at radius 3 is 2.10 bits per heavy atom. The Balaban J connectivity index is 0.00000147. The van der Waals surface area contributed by atoms with E-state index >= 15 is 0 Å². The highest BCUT2D eigenvalue weighted by Crippen LogP contribution is 2.00. The minimum absolute atomic E-state index is 0. The van der Waals surface area contributed by atoms with Crippen LogP contribution < -0.4 is 17.0 Å². The van der Waals surface area contributed by atoms with Crippen molar-refractivity contribution in [3.63, 3.8) is 0 Å². The van der Waals surface area contributed by atoms with Crippen LogP contribution in [0.2, 0.25) is 0 Å². The van der Waals surface area contributed by atoms with E-state index in [-0.39, 0.29) is 12.4 Å². The number of benzene rings is 2. The van der Waals surface area contributed by atoms with E-state index in [0.717, 1.165) is 13.1 Å². The Morgan fingerprint density at radius 2 is 1.45 bits per heavy atom. The molecule has 0 radical (unpaired) electrons. The van der Waals surface area contributed by atoms with Gasteiger partial charge in [-0.2, -0.15) is 0 Å². The fourth-order valence-electron chi connectivity index (χ4n) is 2.09. The number of rotatable bonds is 4. The van der Waals surface area contributed by atoms with Gasteiger partial charge in [-0.05, 0) is 11.1 Å². The molecular weight excluding hydrogens is 270 g/mol. The summed E-state index contributed by atoms with van der Waals surface area (Å²) in [7, 11) is 0. The van der Waals surface area contributed by atoms with Crippen molar-refractivity contribution in [1.29, 1.82) is 0 Å². The Hall–Kier alpha value is -2.13. The number of hydrogen-bond donors (Lipinski definition) is 0. The predicted octanol–water partition coefficient (Wildman–Crippen LogP) is -0.729. The monoisotopic (exact) mass is 285 g/mol. The molecule has 3 nitrogen and oxygen atoms in total. The zero-order chi connectivity index (χ0) is 12.9. The Labute approximate surface area is 124 Å². The van der Waals surface area contributed by atoms with Crippen molar-refractivity contribution >= 4 is 0 Å². The lowest BCUT2D eigenvalue weighted by Crippen LogP contribution is -3.00. The summed E-state index contributed by atoms with van der Waals surface area (Å²) in [5.41, 5.74) is 2.55. The van der Waals surface area contributed by atoms with E-state index in [2.05, 4.69) is 58.2 Å². The van der Waals surface area contributed by atoms with Crippen LogP contribution in [0.25, 0.3) is 0 Å². The smallest absolute Gasteiger partial charge is 0.265 e. The normalized spacial score (nSPS) is 10.0. The number of aromatic nitrogens is 3. The number of nitrogens with zero attached hydrogens (tertiary/aromatic N) is 3. The van der Waals surface area contributed by atoms with Gasteiger partial charge in [-0.25, -0.2) is 4.57 Å². The largest absolute Gasteiger partial charge is 1.00 e. The summed E-state index contributed by atoms with van der Waals surface area (Å²) in [5.74, 6) is 0. The molecule has 0 aliphatic rings. The molecule has 0 atom stereocenters.